The van der Waals surface area contributed by atoms with Crippen LogP contribution in [-0.2, 0) is 12.8 Å². The summed E-state index contributed by atoms with van der Waals surface area (Å²) in [7, 11) is 0. The third kappa shape index (κ3) is 2.31. The van der Waals surface area contributed by atoms with Crippen molar-refractivity contribution in [3.63, 3.8) is 0 Å². The van der Waals surface area contributed by atoms with Crippen molar-refractivity contribution in [1.29, 1.82) is 0 Å². The van der Waals surface area contributed by atoms with E-state index in [0.29, 0.717) is 10.7 Å². The minimum atomic E-state index is -0.0911. The van der Waals surface area contributed by atoms with Crippen LogP contribution in [0, 0.1) is 0 Å². The summed E-state index contributed by atoms with van der Waals surface area (Å²) < 4.78 is 0. The summed E-state index contributed by atoms with van der Waals surface area (Å²) in [6.45, 7) is 0. The fourth-order valence-electron chi connectivity index (χ4n) is 2.02. The molecule has 4 nitrogen and oxygen atoms in total. The molecule has 2 aromatic rings. The first-order chi connectivity index (χ1) is 8.72. The Hall–Kier alpha value is -1.24. The number of fused-ring (bicyclic) bond motifs is 1. The van der Waals surface area contributed by atoms with E-state index in [0.717, 1.165) is 25.0 Å². The Morgan fingerprint density at radius 1 is 1.56 bits per heavy atom. The van der Waals surface area contributed by atoms with Crippen molar-refractivity contribution < 1.29 is 4.79 Å². The SMILES string of the molecule is N[C@H]1CCc2nc(NC(=O)c3ccsc3)sc2C1. The number of hydrogen-bond donors (Lipinski definition) is 2. The summed E-state index contributed by atoms with van der Waals surface area (Å²) in [4.78, 5) is 17.6. The fraction of sp³-hybridized carbons (Fsp3) is 0.333. The second-order valence-electron chi connectivity index (χ2n) is 4.36. The van der Waals surface area contributed by atoms with Crippen LogP contribution < -0.4 is 11.1 Å². The van der Waals surface area contributed by atoms with Crippen LogP contribution >= 0.6 is 22.7 Å². The summed E-state index contributed by atoms with van der Waals surface area (Å²) >= 11 is 3.06. The second kappa shape index (κ2) is 4.79. The highest BCUT2D eigenvalue weighted by molar-refractivity contribution is 7.16. The van der Waals surface area contributed by atoms with E-state index >= 15 is 0 Å². The molecule has 0 bridgehead atoms. The molecule has 0 saturated carbocycles. The van der Waals surface area contributed by atoms with Gasteiger partial charge in [0.15, 0.2) is 5.13 Å². The Morgan fingerprint density at radius 3 is 3.22 bits per heavy atom. The van der Waals surface area contributed by atoms with Gasteiger partial charge in [0.1, 0.15) is 0 Å². The standard InChI is InChI=1S/C12H13N3OS2/c13-8-1-2-9-10(5-8)18-12(14-9)15-11(16)7-3-4-17-6-7/h3-4,6,8H,1-2,5,13H2,(H,14,15,16)/t8-/m0/s1. The van der Waals surface area contributed by atoms with E-state index in [9.17, 15) is 4.79 Å². The van der Waals surface area contributed by atoms with Crippen LogP contribution in [0.1, 0.15) is 27.3 Å². The Kier molecular flexibility index (Phi) is 3.15. The monoisotopic (exact) mass is 279 g/mol. The minimum absolute atomic E-state index is 0.0911. The number of hydrogen-bond acceptors (Lipinski definition) is 5. The van der Waals surface area contributed by atoms with Crippen LogP contribution in [0.3, 0.4) is 0 Å². The maximum Gasteiger partial charge on any atom is 0.258 e. The molecular weight excluding hydrogens is 266 g/mol. The lowest BCUT2D eigenvalue weighted by molar-refractivity contribution is 0.102. The Balaban J connectivity index is 1.76. The number of nitrogens with one attached hydrogen (secondary N) is 1. The normalized spacial score (nSPS) is 18.4. The lowest BCUT2D eigenvalue weighted by Crippen LogP contribution is -2.27. The van der Waals surface area contributed by atoms with Gasteiger partial charge in [-0.2, -0.15) is 11.3 Å². The highest BCUT2D eigenvalue weighted by Gasteiger charge is 2.20. The molecule has 2 aromatic heterocycles. The number of amides is 1. The predicted octanol–water partition coefficient (Wildman–Crippen LogP) is 2.27. The number of carbonyl (C=O) groups excluding carboxylic acids is 1. The molecule has 3 N–H and O–H groups in total. The third-order valence-electron chi connectivity index (χ3n) is 2.98. The van der Waals surface area contributed by atoms with E-state index in [1.165, 1.54) is 16.2 Å². The van der Waals surface area contributed by atoms with Crippen molar-refractivity contribution in [3.8, 4) is 0 Å². The number of rotatable bonds is 2. The molecule has 0 saturated heterocycles. The molecule has 0 spiro atoms. The smallest absolute Gasteiger partial charge is 0.258 e. The third-order valence-corrected chi connectivity index (χ3v) is 4.70. The zero-order valence-electron chi connectivity index (χ0n) is 9.68. The molecule has 94 valence electrons. The van der Waals surface area contributed by atoms with Crippen LogP contribution in [0.15, 0.2) is 16.8 Å². The predicted molar refractivity (Wildman–Crippen MR) is 74.4 cm³/mol. The van der Waals surface area contributed by atoms with Crippen molar-refractivity contribution in [2.24, 2.45) is 5.73 Å². The van der Waals surface area contributed by atoms with Gasteiger partial charge in [-0.15, -0.1) is 11.3 Å². The topological polar surface area (TPSA) is 68.0 Å². The van der Waals surface area contributed by atoms with Crippen molar-refractivity contribution in [2.45, 2.75) is 25.3 Å². The molecule has 0 unspecified atom stereocenters. The Labute approximate surface area is 113 Å². The molecule has 0 aliphatic heterocycles. The Morgan fingerprint density at radius 2 is 2.44 bits per heavy atom. The van der Waals surface area contributed by atoms with Gasteiger partial charge in [-0.3, -0.25) is 10.1 Å². The van der Waals surface area contributed by atoms with Gasteiger partial charge in [-0.25, -0.2) is 4.98 Å². The molecule has 1 aliphatic carbocycles. The number of aromatic nitrogens is 1. The van der Waals surface area contributed by atoms with Crippen LogP contribution in [0.25, 0.3) is 0 Å². The zero-order valence-corrected chi connectivity index (χ0v) is 11.3. The molecule has 18 heavy (non-hydrogen) atoms. The minimum Gasteiger partial charge on any atom is -0.327 e. The number of carbonyl (C=O) groups is 1. The molecule has 1 amide bonds. The molecule has 0 fully saturated rings. The molecule has 2 heterocycles. The lowest BCUT2D eigenvalue weighted by atomic mass is 9.99. The Bertz CT molecular complexity index is 562. The van der Waals surface area contributed by atoms with E-state index in [2.05, 4.69) is 10.3 Å². The van der Waals surface area contributed by atoms with Gasteiger partial charge < -0.3 is 5.73 Å². The van der Waals surface area contributed by atoms with Crippen molar-refractivity contribution in [2.75, 3.05) is 5.32 Å². The highest BCUT2D eigenvalue weighted by Crippen LogP contribution is 2.29. The molecule has 0 aromatic carbocycles. The average Bonchev–Trinajstić information content (AvgIpc) is 2.95. The van der Waals surface area contributed by atoms with Crippen molar-refractivity contribution >= 4 is 33.7 Å². The molecule has 6 heteroatoms. The van der Waals surface area contributed by atoms with Crippen LogP contribution in [0.4, 0.5) is 5.13 Å². The number of nitrogens with zero attached hydrogens (tertiary/aromatic N) is 1. The first kappa shape index (κ1) is 11.8. The quantitative estimate of drug-likeness (QED) is 0.886. The lowest BCUT2D eigenvalue weighted by Gasteiger charge is -2.15. The maximum absolute atomic E-state index is 11.9. The summed E-state index contributed by atoms with van der Waals surface area (Å²) in [5.74, 6) is -0.0911. The number of thiophene rings is 1. The highest BCUT2D eigenvalue weighted by atomic mass is 32.1. The first-order valence-corrected chi connectivity index (χ1v) is 7.56. The van der Waals surface area contributed by atoms with Crippen LogP contribution in [0.2, 0.25) is 0 Å². The zero-order chi connectivity index (χ0) is 12.5. The van der Waals surface area contributed by atoms with Gasteiger partial charge in [0, 0.05) is 16.3 Å². The van der Waals surface area contributed by atoms with E-state index in [4.69, 9.17) is 5.73 Å². The maximum atomic E-state index is 11.9. The van der Waals surface area contributed by atoms with E-state index in [-0.39, 0.29) is 11.9 Å². The average molecular weight is 279 g/mol. The summed E-state index contributed by atoms with van der Waals surface area (Å²) in [6, 6.07) is 2.04. The first-order valence-electron chi connectivity index (χ1n) is 5.80. The van der Waals surface area contributed by atoms with E-state index in [1.807, 2.05) is 16.8 Å². The van der Waals surface area contributed by atoms with Crippen LogP contribution in [-0.4, -0.2) is 16.9 Å². The van der Waals surface area contributed by atoms with Gasteiger partial charge >= 0.3 is 0 Å². The fourth-order valence-corrected chi connectivity index (χ4v) is 3.75. The van der Waals surface area contributed by atoms with Gasteiger partial charge in [-0.1, -0.05) is 0 Å². The molecule has 3 rings (SSSR count). The summed E-state index contributed by atoms with van der Waals surface area (Å²) in [6.07, 6.45) is 2.78. The number of nitrogens with two attached hydrogens (primary N) is 1. The molecule has 1 atom stereocenters. The molecular formula is C12H13N3OS2. The van der Waals surface area contributed by atoms with Gasteiger partial charge in [0.05, 0.1) is 11.3 Å². The molecule has 0 radical (unpaired) electrons. The van der Waals surface area contributed by atoms with Gasteiger partial charge in [0.2, 0.25) is 0 Å². The second-order valence-corrected chi connectivity index (χ2v) is 6.22. The van der Waals surface area contributed by atoms with Crippen molar-refractivity contribution in [3.05, 3.63) is 33.0 Å². The molecule has 1 aliphatic rings. The van der Waals surface area contributed by atoms with Gasteiger partial charge in [0.25, 0.3) is 5.91 Å². The largest absolute Gasteiger partial charge is 0.327 e. The number of aryl methyl sites for hydroxylation is 1. The van der Waals surface area contributed by atoms with Gasteiger partial charge in [-0.05, 0) is 30.7 Å². The number of anilines is 1. The summed E-state index contributed by atoms with van der Waals surface area (Å²) in [5, 5.41) is 7.26. The van der Waals surface area contributed by atoms with Crippen LogP contribution in [0.5, 0.6) is 0 Å². The van der Waals surface area contributed by atoms with E-state index in [1.54, 1.807) is 11.3 Å². The number of thiazole rings is 1. The van der Waals surface area contributed by atoms with Crippen molar-refractivity contribution in [1.82, 2.24) is 4.98 Å². The summed E-state index contributed by atoms with van der Waals surface area (Å²) in [5.41, 5.74) is 7.71. The van der Waals surface area contributed by atoms with E-state index < -0.39 is 0 Å².